The molecule has 9 rings (SSSR count). The van der Waals surface area contributed by atoms with Crippen molar-refractivity contribution < 1.29 is 31.1 Å². The first-order chi connectivity index (χ1) is 22.3. The number of rotatable bonds is 4. The van der Waals surface area contributed by atoms with Gasteiger partial charge < -0.3 is 4.57 Å². The monoisotopic (exact) mass is 809 g/mol. The Labute approximate surface area is 290 Å². The maximum atomic E-state index is 5.07. The number of hydrogen-bond acceptors (Lipinski definition) is 2. The predicted octanol–water partition coefficient (Wildman–Crippen LogP) is 10.5. The molecule has 0 aliphatic heterocycles. The summed E-state index contributed by atoms with van der Waals surface area (Å²) in [7, 11) is 0. The molecule has 0 unspecified atom stereocenters. The van der Waals surface area contributed by atoms with Gasteiger partial charge in [-0.3, -0.25) is 4.98 Å². The summed E-state index contributed by atoms with van der Waals surface area (Å²) in [5, 5.41) is 6.03. The van der Waals surface area contributed by atoms with Gasteiger partial charge in [0, 0.05) is 22.0 Å². The van der Waals surface area contributed by atoms with Crippen molar-refractivity contribution in [2.75, 3.05) is 0 Å². The van der Waals surface area contributed by atoms with E-state index < -0.39 is 0 Å². The zero-order chi connectivity index (χ0) is 29.7. The summed E-state index contributed by atoms with van der Waals surface area (Å²) in [4.78, 5) is 9.96. The van der Waals surface area contributed by atoms with E-state index in [9.17, 15) is 0 Å². The molecule has 46 heavy (non-hydrogen) atoms. The van der Waals surface area contributed by atoms with Gasteiger partial charge in [-0.15, -0.1) is 23.8 Å². The molecule has 2 heterocycles. The van der Waals surface area contributed by atoms with Crippen molar-refractivity contribution in [3.8, 4) is 39.5 Å². The topological polar surface area (TPSA) is 30.7 Å². The molecule has 0 bridgehead atoms. The molecule has 0 atom stereocenters. The third-order valence-electron chi connectivity index (χ3n) is 8.58. The molecule has 2 aromatic heterocycles. The summed E-state index contributed by atoms with van der Waals surface area (Å²) < 4.78 is 2.36. The van der Waals surface area contributed by atoms with Gasteiger partial charge >= 0.3 is 31.1 Å². The normalized spacial score (nSPS) is 11.3. The van der Waals surface area contributed by atoms with Crippen LogP contribution in [-0.4, -0.2) is 14.5 Å². The van der Waals surface area contributed by atoms with Gasteiger partial charge in [-0.05, 0) is 40.0 Å². The van der Waals surface area contributed by atoms with Gasteiger partial charge in [0.25, 0.3) is 0 Å². The minimum atomic E-state index is 0. The quantitative estimate of drug-likeness (QED) is 0.166. The molecule has 212 valence electrons. The van der Waals surface area contributed by atoms with Crippen molar-refractivity contribution >= 4 is 43.5 Å². The number of nitrogens with zero attached hydrogens (tertiary/aromatic N) is 3. The van der Waals surface area contributed by atoms with E-state index in [0.717, 1.165) is 44.5 Å². The first kappa shape index (κ1) is 28.5. The fraction of sp³-hybridized carbons (Fsp3) is 0. The Morgan fingerprint density at radius 2 is 1.26 bits per heavy atom. The number of fused-ring (bicyclic) bond motifs is 6. The molecule has 0 aliphatic rings. The maximum Gasteiger partial charge on any atom is 2.00 e. The summed E-state index contributed by atoms with van der Waals surface area (Å²) >= 11 is 0. The molecular formula is C42H25N3U. The molecule has 0 N–H and O–H groups in total. The van der Waals surface area contributed by atoms with E-state index in [2.05, 4.69) is 114 Å². The average molecular weight is 810 g/mol. The van der Waals surface area contributed by atoms with Crippen molar-refractivity contribution in [1.82, 2.24) is 14.5 Å². The number of benzene rings is 7. The van der Waals surface area contributed by atoms with Crippen LogP contribution in [0.1, 0.15) is 0 Å². The minimum absolute atomic E-state index is 0. The zero-order valence-electron chi connectivity index (χ0n) is 24.8. The molecule has 9 aromatic rings. The summed E-state index contributed by atoms with van der Waals surface area (Å²) in [6, 6.07) is 59.9. The van der Waals surface area contributed by atoms with E-state index in [1.807, 2.05) is 54.6 Å². The van der Waals surface area contributed by atoms with Crippen molar-refractivity contribution in [2.45, 2.75) is 0 Å². The molecule has 3 nitrogen and oxygen atoms in total. The fourth-order valence-electron chi connectivity index (χ4n) is 6.53. The van der Waals surface area contributed by atoms with Gasteiger partial charge in [0.2, 0.25) is 0 Å². The van der Waals surface area contributed by atoms with Crippen molar-refractivity contribution in [2.24, 2.45) is 0 Å². The SMILES string of the molecule is [U+2].[c-]1ccc(-n2c3ccccc3c3c4ccccc4ccc32)cc1-c1[c-]c(-c2nc(-c3ccccc3)nc3ccccc23)ccc1. The van der Waals surface area contributed by atoms with E-state index in [1.165, 1.54) is 32.6 Å². The van der Waals surface area contributed by atoms with Crippen LogP contribution >= 0.6 is 0 Å². The van der Waals surface area contributed by atoms with E-state index in [0.29, 0.717) is 5.82 Å². The van der Waals surface area contributed by atoms with Gasteiger partial charge in [0.05, 0.1) is 16.6 Å². The molecule has 0 saturated heterocycles. The third kappa shape index (κ3) is 4.74. The van der Waals surface area contributed by atoms with Crippen molar-refractivity contribution in [1.29, 1.82) is 0 Å². The number of para-hydroxylation sites is 2. The molecule has 7 aromatic carbocycles. The van der Waals surface area contributed by atoms with Crippen LogP contribution in [-0.2, 0) is 0 Å². The van der Waals surface area contributed by atoms with Crippen LogP contribution in [0.4, 0.5) is 0 Å². The second-order valence-corrected chi connectivity index (χ2v) is 11.3. The Bertz CT molecular complexity index is 2550. The first-order valence-electron chi connectivity index (χ1n) is 15.1. The summed E-state index contributed by atoms with van der Waals surface area (Å²) in [6.45, 7) is 0. The second-order valence-electron chi connectivity index (χ2n) is 11.3. The Morgan fingerprint density at radius 1 is 0.522 bits per heavy atom. The Balaban J connectivity index is 0.00000312. The predicted molar refractivity (Wildman–Crippen MR) is 185 cm³/mol. The second kappa shape index (κ2) is 11.7. The van der Waals surface area contributed by atoms with Gasteiger partial charge in [0.15, 0.2) is 5.82 Å². The summed E-state index contributed by atoms with van der Waals surface area (Å²) in [6.07, 6.45) is 0. The van der Waals surface area contributed by atoms with Crippen LogP contribution in [0.2, 0.25) is 0 Å². The van der Waals surface area contributed by atoms with Gasteiger partial charge in [-0.1, -0.05) is 97.1 Å². The standard InChI is InChI=1S/C42H25N3.U/c1-2-13-29(14-3-1)42-43-37-22-8-6-20-35(37)41(44-42)32-17-10-15-30(26-32)31-16-11-18-33(27-31)45-38-23-9-7-21-36(38)40-34-19-5-4-12-28(34)24-25-39(40)45;/h1-15,17-25,27H;/q-2;+2. The number of hydrogen-bond donors (Lipinski definition) is 0. The van der Waals surface area contributed by atoms with Crippen LogP contribution in [0, 0.1) is 43.2 Å². The molecule has 0 saturated carbocycles. The summed E-state index contributed by atoms with van der Waals surface area (Å²) in [5.74, 6) is 0.704. The smallest absolute Gasteiger partial charge is 0.328 e. The van der Waals surface area contributed by atoms with E-state index in [1.54, 1.807) is 0 Å². The van der Waals surface area contributed by atoms with Crippen LogP contribution in [0.25, 0.3) is 82.9 Å². The fourth-order valence-corrected chi connectivity index (χ4v) is 6.53. The van der Waals surface area contributed by atoms with Gasteiger partial charge in [0.1, 0.15) is 0 Å². The zero-order valence-corrected chi connectivity index (χ0v) is 28.9. The van der Waals surface area contributed by atoms with E-state index in [4.69, 9.17) is 9.97 Å². The maximum absolute atomic E-state index is 5.07. The summed E-state index contributed by atoms with van der Waals surface area (Å²) in [5.41, 5.74) is 9.07. The van der Waals surface area contributed by atoms with Gasteiger partial charge in [-0.2, -0.15) is 35.9 Å². The largest absolute Gasteiger partial charge is 2.00 e. The van der Waals surface area contributed by atoms with Crippen LogP contribution in [0.3, 0.4) is 0 Å². The van der Waals surface area contributed by atoms with E-state index >= 15 is 0 Å². The van der Waals surface area contributed by atoms with Gasteiger partial charge in [-0.25, -0.2) is 10.5 Å². The molecule has 0 spiro atoms. The van der Waals surface area contributed by atoms with E-state index in [-0.39, 0.29) is 31.1 Å². The Morgan fingerprint density at radius 3 is 2.15 bits per heavy atom. The molecule has 0 radical (unpaired) electrons. The molecule has 0 aliphatic carbocycles. The minimum Gasteiger partial charge on any atom is -0.328 e. The Hall–Kier alpha value is -5.01. The van der Waals surface area contributed by atoms with Crippen molar-refractivity contribution in [3.63, 3.8) is 0 Å². The van der Waals surface area contributed by atoms with Crippen LogP contribution in [0.15, 0.2) is 152 Å². The number of aromatic nitrogens is 3. The van der Waals surface area contributed by atoms with Crippen LogP contribution in [0.5, 0.6) is 0 Å². The van der Waals surface area contributed by atoms with Crippen molar-refractivity contribution in [3.05, 3.63) is 164 Å². The Kier molecular flexibility index (Phi) is 7.26. The van der Waals surface area contributed by atoms with Crippen LogP contribution < -0.4 is 0 Å². The molecule has 4 heteroatoms. The first-order valence-corrected chi connectivity index (χ1v) is 15.1. The molecule has 0 amide bonds. The molecule has 0 fully saturated rings. The molecular weight excluding hydrogens is 785 g/mol. The third-order valence-corrected chi connectivity index (χ3v) is 8.58. The average Bonchev–Trinajstić information content (AvgIpc) is 3.46.